The third-order valence-electron chi connectivity index (χ3n) is 3.95. The second-order valence-electron chi connectivity index (χ2n) is 5.25. The van der Waals surface area contributed by atoms with Crippen LogP contribution < -0.4 is 0 Å². The maximum absolute atomic E-state index is 10.6. The molecule has 0 aliphatic carbocycles. The molecule has 0 bridgehead atoms. The van der Waals surface area contributed by atoms with Crippen molar-refractivity contribution >= 4 is 17.6 Å². The van der Waals surface area contributed by atoms with Crippen LogP contribution in [0.25, 0.3) is 0 Å². The highest BCUT2D eigenvalue weighted by atomic mass is 35.5. The minimum Gasteiger partial charge on any atom is -0.481 e. The molecular weight excluding hydrogens is 276 g/mol. The molecule has 2 rings (SSSR count). The smallest absolute Gasteiger partial charge is 0.304 e. The third-order valence-corrected chi connectivity index (χ3v) is 4.20. The summed E-state index contributed by atoms with van der Waals surface area (Å²) in [7, 11) is 0. The van der Waals surface area contributed by atoms with E-state index in [4.69, 9.17) is 16.7 Å². The van der Waals surface area contributed by atoms with Crippen molar-refractivity contribution in [3.05, 3.63) is 34.9 Å². The molecule has 1 atom stereocenters. The Morgan fingerprint density at radius 2 is 1.85 bits per heavy atom. The van der Waals surface area contributed by atoms with Gasteiger partial charge in [-0.15, -0.1) is 0 Å². The molecule has 1 fully saturated rings. The van der Waals surface area contributed by atoms with E-state index in [1.807, 2.05) is 12.1 Å². The highest BCUT2D eigenvalue weighted by molar-refractivity contribution is 6.30. The van der Waals surface area contributed by atoms with Crippen LogP contribution in [-0.2, 0) is 4.79 Å². The molecule has 5 heteroatoms. The Balaban J connectivity index is 1.83. The lowest BCUT2D eigenvalue weighted by Crippen LogP contribution is -2.47. The van der Waals surface area contributed by atoms with Crippen molar-refractivity contribution < 1.29 is 9.90 Å². The van der Waals surface area contributed by atoms with Crippen LogP contribution in [0.2, 0.25) is 5.02 Å². The van der Waals surface area contributed by atoms with Crippen LogP contribution in [0.3, 0.4) is 0 Å². The van der Waals surface area contributed by atoms with Crippen LogP contribution in [-0.4, -0.2) is 53.6 Å². The lowest BCUT2D eigenvalue weighted by Gasteiger charge is -2.38. The number of piperazine rings is 1. The Bertz CT molecular complexity index is 442. The monoisotopic (exact) mass is 296 g/mol. The van der Waals surface area contributed by atoms with E-state index in [0.29, 0.717) is 12.6 Å². The second kappa shape index (κ2) is 7.07. The van der Waals surface area contributed by atoms with Gasteiger partial charge in [-0.25, -0.2) is 0 Å². The standard InChI is InChI=1S/C15H21ClN2O2/c1-12(13-2-4-14(16)5-3-13)18-10-8-17(9-11-18)7-6-15(19)20/h2-5,12H,6-11H2,1H3,(H,19,20). The lowest BCUT2D eigenvalue weighted by atomic mass is 10.1. The van der Waals surface area contributed by atoms with Crippen molar-refractivity contribution in [2.75, 3.05) is 32.7 Å². The van der Waals surface area contributed by atoms with Crippen LogP contribution in [0.15, 0.2) is 24.3 Å². The predicted octanol–water partition coefficient (Wildman–Crippen LogP) is 2.49. The van der Waals surface area contributed by atoms with E-state index in [1.165, 1.54) is 5.56 Å². The summed E-state index contributed by atoms with van der Waals surface area (Å²) in [6, 6.07) is 8.37. The first-order valence-corrected chi connectivity index (χ1v) is 7.37. The number of carboxylic acids is 1. The summed E-state index contributed by atoms with van der Waals surface area (Å²) in [5.41, 5.74) is 1.27. The average Bonchev–Trinajstić information content (AvgIpc) is 2.46. The van der Waals surface area contributed by atoms with Gasteiger partial charge in [0.2, 0.25) is 0 Å². The molecule has 1 aliphatic heterocycles. The summed E-state index contributed by atoms with van der Waals surface area (Å²) in [5.74, 6) is -0.720. The van der Waals surface area contributed by atoms with Crippen LogP contribution in [0, 0.1) is 0 Å². The minimum atomic E-state index is -0.720. The maximum atomic E-state index is 10.6. The van der Waals surface area contributed by atoms with Crippen molar-refractivity contribution in [3.8, 4) is 0 Å². The van der Waals surface area contributed by atoms with E-state index in [2.05, 4.69) is 28.9 Å². The molecule has 4 nitrogen and oxygen atoms in total. The number of halogens is 1. The zero-order valence-electron chi connectivity index (χ0n) is 11.8. The highest BCUT2D eigenvalue weighted by Gasteiger charge is 2.22. The number of rotatable bonds is 5. The normalized spacial score (nSPS) is 18.9. The zero-order valence-corrected chi connectivity index (χ0v) is 12.5. The molecule has 1 saturated heterocycles. The number of carboxylic acid groups (broad SMARTS) is 1. The maximum Gasteiger partial charge on any atom is 0.304 e. The van der Waals surface area contributed by atoms with Gasteiger partial charge < -0.3 is 10.0 Å². The molecule has 0 aromatic heterocycles. The number of aliphatic carboxylic acids is 1. The minimum absolute atomic E-state index is 0.229. The van der Waals surface area contributed by atoms with E-state index < -0.39 is 5.97 Å². The third kappa shape index (κ3) is 4.20. The quantitative estimate of drug-likeness (QED) is 0.907. The number of carbonyl (C=O) groups is 1. The summed E-state index contributed by atoms with van der Waals surface area (Å²) in [4.78, 5) is 15.2. The summed E-state index contributed by atoms with van der Waals surface area (Å²) in [5, 5.41) is 9.47. The predicted molar refractivity (Wildman–Crippen MR) is 80.1 cm³/mol. The Hall–Kier alpha value is -1.10. The van der Waals surface area contributed by atoms with Gasteiger partial charge in [0.05, 0.1) is 6.42 Å². The molecule has 1 N–H and O–H groups in total. The van der Waals surface area contributed by atoms with Crippen molar-refractivity contribution in [2.24, 2.45) is 0 Å². The van der Waals surface area contributed by atoms with Crippen molar-refractivity contribution in [3.63, 3.8) is 0 Å². The summed E-state index contributed by atoms with van der Waals surface area (Å²) < 4.78 is 0. The van der Waals surface area contributed by atoms with Gasteiger partial charge in [0.15, 0.2) is 0 Å². The molecule has 0 saturated carbocycles. The molecule has 1 aromatic carbocycles. The van der Waals surface area contributed by atoms with Gasteiger partial charge in [0, 0.05) is 43.8 Å². The summed E-state index contributed by atoms with van der Waals surface area (Å²) in [6.45, 7) is 6.68. The Labute approximate surface area is 124 Å². The lowest BCUT2D eigenvalue weighted by molar-refractivity contribution is -0.137. The van der Waals surface area contributed by atoms with Gasteiger partial charge in [-0.1, -0.05) is 23.7 Å². The van der Waals surface area contributed by atoms with Gasteiger partial charge in [0.25, 0.3) is 0 Å². The first-order valence-electron chi connectivity index (χ1n) is 7.00. The topological polar surface area (TPSA) is 43.8 Å². The molecule has 0 amide bonds. The molecule has 1 heterocycles. The Morgan fingerprint density at radius 3 is 2.40 bits per heavy atom. The van der Waals surface area contributed by atoms with Crippen LogP contribution in [0.1, 0.15) is 24.9 Å². The molecule has 0 spiro atoms. The van der Waals surface area contributed by atoms with Gasteiger partial charge in [-0.2, -0.15) is 0 Å². The number of nitrogens with zero attached hydrogens (tertiary/aromatic N) is 2. The van der Waals surface area contributed by atoms with Gasteiger partial charge >= 0.3 is 5.97 Å². The van der Waals surface area contributed by atoms with Gasteiger partial charge in [-0.05, 0) is 24.6 Å². The fourth-order valence-corrected chi connectivity index (χ4v) is 2.71. The van der Waals surface area contributed by atoms with Crippen molar-refractivity contribution in [2.45, 2.75) is 19.4 Å². The first kappa shape index (κ1) is 15.3. The SMILES string of the molecule is CC(c1ccc(Cl)cc1)N1CCN(CCC(=O)O)CC1. The van der Waals surface area contributed by atoms with Gasteiger partial charge in [0.1, 0.15) is 0 Å². The fraction of sp³-hybridized carbons (Fsp3) is 0.533. The molecule has 20 heavy (non-hydrogen) atoms. The van der Waals surface area contributed by atoms with Crippen LogP contribution in [0.4, 0.5) is 0 Å². The van der Waals surface area contributed by atoms with E-state index in [9.17, 15) is 4.79 Å². The fourth-order valence-electron chi connectivity index (χ4n) is 2.58. The first-order chi connectivity index (χ1) is 9.56. The van der Waals surface area contributed by atoms with E-state index in [1.54, 1.807) is 0 Å². The van der Waals surface area contributed by atoms with E-state index >= 15 is 0 Å². The van der Waals surface area contributed by atoms with Crippen LogP contribution in [0.5, 0.6) is 0 Å². The molecule has 0 radical (unpaired) electrons. The number of hydrogen-bond donors (Lipinski definition) is 1. The Morgan fingerprint density at radius 1 is 1.25 bits per heavy atom. The molecule has 110 valence electrons. The summed E-state index contributed by atoms with van der Waals surface area (Å²) in [6.07, 6.45) is 0.229. The number of hydrogen-bond acceptors (Lipinski definition) is 3. The van der Waals surface area contributed by atoms with Gasteiger partial charge in [-0.3, -0.25) is 9.69 Å². The highest BCUT2D eigenvalue weighted by Crippen LogP contribution is 2.23. The molecule has 1 aromatic rings. The average molecular weight is 297 g/mol. The molecule has 1 unspecified atom stereocenters. The molecule has 1 aliphatic rings. The zero-order chi connectivity index (χ0) is 14.5. The largest absolute Gasteiger partial charge is 0.481 e. The van der Waals surface area contributed by atoms with Crippen molar-refractivity contribution in [1.29, 1.82) is 0 Å². The molecular formula is C15H21ClN2O2. The Kier molecular flexibility index (Phi) is 5.40. The number of benzene rings is 1. The van der Waals surface area contributed by atoms with E-state index in [0.717, 1.165) is 31.2 Å². The van der Waals surface area contributed by atoms with Crippen molar-refractivity contribution in [1.82, 2.24) is 9.80 Å². The van der Waals surface area contributed by atoms with Crippen LogP contribution >= 0.6 is 11.6 Å². The second-order valence-corrected chi connectivity index (χ2v) is 5.69. The summed E-state index contributed by atoms with van der Waals surface area (Å²) >= 11 is 5.91. The van der Waals surface area contributed by atoms with E-state index in [-0.39, 0.29) is 6.42 Å².